The van der Waals surface area contributed by atoms with Crippen molar-refractivity contribution in [2.24, 2.45) is 0 Å². The van der Waals surface area contributed by atoms with Gasteiger partial charge in [0, 0.05) is 25.5 Å². The van der Waals surface area contributed by atoms with Crippen molar-refractivity contribution in [3.8, 4) is 0 Å². The second-order valence-corrected chi connectivity index (χ2v) is 4.95. The summed E-state index contributed by atoms with van der Waals surface area (Å²) < 4.78 is 0. The van der Waals surface area contributed by atoms with Crippen LogP contribution in [0.4, 0.5) is 17.7 Å². The van der Waals surface area contributed by atoms with Crippen molar-refractivity contribution in [2.45, 2.75) is 19.3 Å². The summed E-state index contributed by atoms with van der Waals surface area (Å²) in [5.74, 6) is 1.53. The van der Waals surface area contributed by atoms with Gasteiger partial charge >= 0.3 is 0 Å². The number of hydrogen-bond acceptors (Lipinski definition) is 7. The van der Waals surface area contributed by atoms with E-state index < -0.39 is 0 Å². The first-order valence-electron chi connectivity index (χ1n) is 6.72. The van der Waals surface area contributed by atoms with E-state index in [1.54, 1.807) is 12.3 Å². The highest BCUT2D eigenvalue weighted by molar-refractivity contribution is 6.29. The van der Waals surface area contributed by atoms with Gasteiger partial charge < -0.3 is 16.4 Å². The predicted molar refractivity (Wildman–Crippen MR) is 84.0 cm³/mol. The summed E-state index contributed by atoms with van der Waals surface area (Å²) in [5.41, 5.74) is 10.7. The Hall–Kier alpha value is -2.15. The highest BCUT2D eigenvalue weighted by Gasteiger charge is 2.11. The summed E-state index contributed by atoms with van der Waals surface area (Å²) >= 11 is 5.41. The predicted octanol–water partition coefficient (Wildman–Crippen LogP) is 1.76. The topological polar surface area (TPSA) is 107 Å². The quantitative estimate of drug-likeness (QED) is 0.773. The van der Waals surface area contributed by atoms with Crippen LogP contribution in [-0.4, -0.2) is 33.0 Å². The van der Waals surface area contributed by atoms with Crippen molar-refractivity contribution < 1.29 is 0 Å². The molecule has 0 aromatic carbocycles. The zero-order valence-corrected chi connectivity index (χ0v) is 12.4. The molecule has 0 radical (unpaired) electrons. The molecule has 2 aromatic heterocycles. The van der Waals surface area contributed by atoms with E-state index >= 15 is 0 Å². The summed E-state index contributed by atoms with van der Waals surface area (Å²) in [7, 11) is 0. The highest BCUT2D eigenvalue weighted by atomic mass is 35.5. The Bertz CT molecular complexity index is 555. The smallest absolute Gasteiger partial charge is 0.221 e. The van der Waals surface area contributed by atoms with E-state index in [9.17, 15) is 0 Å². The summed E-state index contributed by atoms with van der Waals surface area (Å²) in [5, 5.41) is 0.373. The van der Waals surface area contributed by atoms with Crippen LogP contribution in [0.15, 0.2) is 24.5 Å². The lowest BCUT2D eigenvalue weighted by molar-refractivity contribution is 0.573. The van der Waals surface area contributed by atoms with Crippen LogP contribution in [0.5, 0.6) is 0 Å². The molecule has 0 bridgehead atoms. The number of rotatable bonds is 1. The molecule has 7 nitrogen and oxygen atoms in total. The Labute approximate surface area is 128 Å². The summed E-state index contributed by atoms with van der Waals surface area (Å²) in [6, 6.07) is 3.49. The third-order valence-electron chi connectivity index (χ3n) is 2.98. The van der Waals surface area contributed by atoms with Gasteiger partial charge in [-0.25, -0.2) is 15.0 Å². The van der Waals surface area contributed by atoms with E-state index in [-0.39, 0.29) is 5.95 Å². The molecule has 4 N–H and O–H groups in total. The number of piperidine rings is 1. The minimum atomic E-state index is 0.206. The van der Waals surface area contributed by atoms with Gasteiger partial charge in [-0.15, -0.1) is 0 Å². The van der Waals surface area contributed by atoms with Crippen LogP contribution in [0.25, 0.3) is 0 Å². The van der Waals surface area contributed by atoms with Gasteiger partial charge in [0.2, 0.25) is 11.9 Å². The van der Waals surface area contributed by atoms with Crippen molar-refractivity contribution in [1.82, 2.24) is 19.9 Å². The number of nitrogens with zero attached hydrogens (tertiary/aromatic N) is 5. The lowest BCUT2D eigenvalue weighted by Gasteiger charge is -2.27. The molecule has 0 amide bonds. The fourth-order valence-corrected chi connectivity index (χ4v) is 2.16. The maximum Gasteiger partial charge on any atom is 0.221 e. The van der Waals surface area contributed by atoms with E-state index in [0.29, 0.717) is 11.1 Å². The molecule has 112 valence electrons. The number of nitrogen functional groups attached to an aromatic ring is 2. The van der Waals surface area contributed by atoms with Crippen LogP contribution < -0.4 is 16.4 Å². The number of anilines is 3. The van der Waals surface area contributed by atoms with E-state index in [4.69, 9.17) is 23.1 Å². The second kappa shape index (κ2) is 7.58. The molecule has 8 heteroatoms. The first kappa shape index (κ1) is 15.2. The van der Waals surface area contributed by atoms with Crippen molar-refractivity contribution in [2.75, 3.05) is 29.5 Å². The third kappa shape index (κ3) is 5.03. The van der Waals surface area contributed by atoms with Crippen LogP contribution in [0.3, 0.4) is 0 Å². The summed E-state index contributed by atoms with van der Waals surface area (Å²) in [4.78, 5) is 17.6. The Morgan fingerprint density at radius 2 is 1.52 bits per heavy atom. The van der Waals surface area contributed by atoms with E-state index in [0.717, 1.165) is 18.9 Å². The molecular weight excluding hydrogens is 290 g/mol. The number of nitrogens with two attached hydrogens (primary N) is 2. The summed E-state index contributed by atoms with van der Waals surface area (Å²) in [6.45, 7) is 2.19. The average Bonchev–Trinajstić information content (AvgIpc) is 2.49. The van der Waals surface area contributed by atoms with E-state index in [2.05, 4.69) is 24.8 Å². The average molecular weight is 308 g/mol. The molecule has 1 aliphatic rings. The maximum absolute atomic E-state index is 5.52. The molecule has 1 fully saturated rings. The summed E-state index contributed by atoms with van der Waals surface area (Å²) in [6.07, 6.45) is 7.06. The van der Waals surface area contributed by atoms with Gasteiger partial charge in [0.15, 0.2) is 0 Å². The van der Waals surface area contributed by atoms with Crippen LogP contribution in [0.1, 0.15) is 19.3 Å². The molecule has 1 saturated heterocycles. The largest absolute Gasteiger partial charge is 0.368 e. The van der Waals surface area contributed by atoms with Gasteiger partial charge in [-0.2, -0.15) is 4.98 Å². The molecule has 21 heavy (non-hydrogen) atoms. The molecule has 0 spiro atoms. The maximum atomic E-state index is 5.52. The van der Waals surface area contributed by atoms with Gasteiger partial charge in [0.1, 0.15) is 11.0 Å². The lowest BCUT2D eigenvalue weighted by atomic mass is 10.1. The Morgan fingerprint density at radius 3 is 2.05 bits per heavy atom. The van der Waals surface area contributed by atoms with Crippen molar-refractivity contribution in [3.05, 3.63) is 29.7 Å². The highest BCUT2D eigenvalue weighted by Crippen LogP contribution is 2.16. The molecule has 0 unspecified atom stereocenters. The molecule has 0 aliphatic carbocycles. The van der Waals surface area contributed by atoms with Crippen LogP contribution in [0, 0.1) is 0 Å². The third-order valence-corrected chi connectivity index (χ3v) is 3.19. The van der Waals surface area contributed by atoms with Crippen molar-refractivity contribution in [3.63, 3.8) is 0 Å². The SMILES string of the molecule is Nc1nccc(Cl)n1.Nc1nccc(N2CCCCC2)n1. The van der Waals surface area contributed by atoms with Crippen molar-refractivity contribution in [1.29, 1.82) is 0 Å². The Balaban J connectivity index is 0.000000173. The molecular formula is C13H18ClN7. The fraction of sp³-hybridized carbons (Fsp3) is 0.385. The number of hydrogen-bond donors (Lipinski definition) is 2. The minimum absolute atomic E-state index is 0.206. The molecule has 1 aliphatic heterocycles. The minimum Gasteiger partial charge on any atom is -0.368 e. The van der Waals surface area contributed by atoms with Gasteiger partial charge in [0.25, 0.3) is 0 Å². The normalized spacial score (nSPS) is 14.2. The first-order chi connectivity index (χ1) is 10.1. The monoisotopic (exact) mass is 307 g/mol. The van der Waals surface area contributed by atoms with Crippen molar-refractivity contribution >= 4 is 29.3 Å². The van der Waals surface area contributed by atoms with Crippen LogP contribution in [0.2, 0.25) is 5.15 Å². The number of aromatic nitrogens is 4. The second-order valence-electron chi connectivity index (χ2n) is 4.56. The molecule has 0 atom stereocenters. The zero-order valence-electron chi connectivity index (χ0n) is 11.6. The molecule has 0 saturated carbocycles. The lowest BCUT2D eigenvalue weighted by Crippen LogP contribution is -2.30. The van der Waals surface area contributed by atoms with Gasteiger partial charge in [-0.1, -0.05) is 11.6 Å². The Kier molecular flexibility index (Phi) is 5.51. The van der Waals surface area contributed by atoms with E-state index in [1.165, 1.54) is 25.5 Å². The molecule has 3 rings (SSSR count). The van der Waals surface area contributed by atoms with Gasteiger partial charge in [-0.3, -0.25) is 0 Å². The standard InChI is InChI=1S/C9H14N4.C4H4ClN3/c10-9-11-5-4-8(12-9)13-6-2-1-3-7-13;5-3-1-2-7-4(6)8-3/h4-5H,1-3,6-7H2,(H2,10,11,12);1-2H,(H2,6,7,8). The van der Waals surface area contributed by atoms with Gasteiger partial charge in [0.05, 0.1) is 0 Å². The van der Waals surface area contributed by atoms with Gasteiger partial charge in [-0.05, 0) is 31.4 Å². The fourth-order valence-electron chi connectivity index (χ4n) is 2.01. The first-order valence-corrected chi connectivity index (χ1v) is 7.10. The number of halogens is 1. The Morgan fingerprint density at radius 1 is 0.905 bits per heavy atom. The van der Waals surface area contributed by atoms with E-state index in [1.807, 2.05) is 6.07 Å². The zero-order chi connectivity index (χ0) is 15.1. The van der Waals surface area contributed by atoms with Crippen LogP contribution >= 0.6 is 11.6 Å². The van der Waals surface area contributed by atoms with Crippen LogP contribution in [-0.2, 0) is 0 Å². The molecule has 2 aromatic rings. The molecule has 3 heterocycles.